The Kier molecular flexibility index (Phi) is 7.01. The fourth-order valence-corrected chi connectivity index (χ4v) is 2.46. The van der Waals surface area contributed by atoms with E-state index in [2.05, 4.69) is 24.1 Å². The van der Waals surface area contributed by atoms with E-state index in [0.29, 0.717) is 12.6 Å². The molecule has 0 saturated carbocycles. The summed E-state index contributed by atoms with van der Waals surface area (Å²) in [6, 6.07) is 0.536. The van der Waals surface area contributed by atoms with Crippen LogP contribution < -0.4 is 5.32 Å². The zero-order chi connectivity index (χ0) is 11.8. The number of hydrogen-bond donors (Lipinski definition) is 2. The number of nitrogens with zero attached hydrogens (tertiary/aromatic N) is 1. The molecule has 0 aromatic carbocycles. The van der Waals surface area contributed by atoms with E-state index in [1.165, 1.54) is 32.5 Å². The first kappa shape index (κ1) is 13.9. The van der Waals surface area contributed by atoms with Gasteiger partial charge in [0.1, 0.15) is 0 Å². The quantitative estimate of drug-likeness (QED) is 0.692. The van der Waals surface area contributed by atoms with Crippen LogP contribution in [0.1, 0.15) is 39.5 Å². The van der Waals surface area contributed by atoms with Crippen molar-refractivity contribution in [2.45, 2.75) is 45.6 Å². The van der Waals surface area contributed by atoms with Gasteiger partial charge in [-0.3, -0.25) is 0 Å². The summed E-state index contributed by atoms with van der Waals surface area (Å²) in [6.45, 7) is 9.67. The van der Waals surface area contributed by atoms with Crippen molar-refractivity contribution in [2.75, 3.05) is 32.8 Å². The zero-order valence-corrected chi connectivity index (χ0v) is 10.9. The highest BCUT2D eigenvalue weighted by Gasteiger charge is 2.15. The monoisotopic (exact) mass is 228 g/mol. The molecule has 1 fully saturated rings. The summed E-state index contributed by atoms with van der Waals surface area (Å²) in [6.07, 6.45) is 4.75. The molecule has 2 atom stereocenters. The van der Waals surface area contributed by atoms with Crippen molar-refractivity contribution in [1.82, 2.24) is 10.2 Å². The highest BCUT2D eigenvalue weighted by Crippen LogP contribution is 2.14. The minimum atomic E-state index is 0.315. The van der Waals surface area contributed by atoms with Gasteiger partial charge in [0, 0.05) is 32.3 Å². The summed E-state index contributed by atoms with van der Waals surface area (Å²) in [5.41, 5.74) is 0. The lowest BCUT2D eigenvalue weighted by atomic mass is 10.0. The molecule has 1 aliphatic heterocycles. The molecule has 0 aromatic rings. The number of hydrogen-bond acceptors (Lipinski definition) is 3. The number of piperidine rings is 1. The smallest absolute Gasteiger partial charge is 0.0431 e. The van der Waals surface area contributed by atoms with E-state index < -0.39 is 0 Å². The van der Waals surface area contributed by atoms with E-state index in [1.54, 1.807) is 0 Å². The second-order valence-corrected chi connectivity index (χ2v) is 5.27. The van der Waals surface area contributed by atoms with E-state index in [9.17, 15) is 0 Å². The van der Waals surface area contributed by atoms with E-state index in [0.717, 1.165) is 25.3 Å². The Labute approximate surface area is 100 Å². The van der Waals surface area contributed by atoms with Gasteiger partial charge < -0.3 is 15.3 Å². The predicted molar refractivity (Wildman–Crippen MR) is 68.6 cm³/mol. The SMILES string of the molecule is CC1CCCN(CCNC(C)CCCO)C1. The standard InChI is InChI=1S/C13H28N2O/c1-12-5-3-8-15(11-12)9-7-14-13(2)6-4-10-16/h12-14,16H,3-11H2,1-2H3. The minimum absolute atomic E-state index is 0.315. The van der Waals surface area contributed by atoms with Crippen LogP contribution in [-0.4, -0.2) is 48.8 Å². The molecular formula is C13H28N2O. The van der Waals surface area contributed by atoms with Gasteiger partial charge in [-0.05, 0) is 45.1 Å². The van der Waals surface area contributed by atoms with Crippen LogP contribution in [0.2, 0.25) is 0 Å². The summed E-state index contributed by atoms with van der Waals surface area (Å²) in [5.74, 6) is 0.876. The maximum absolute atomic E-state index is 8.74. The van der Waals surface area contributed by atoms with Crippen molar-refractivity contribution in [3.63, 3.8) is 0 Å². The molecule has 0 aromatic heterocycles. The van der Waals surface area contributed by atoms with Gasteiger partial charge in [-0.15, -0.1) is 0 Å². The molecule has 0 aliphatic carbocycles. The van der Waals surface area contributed by atoms with Crippen LogP contribution in [0.25, 0.3) is 0 Å². The van der Waals surface area contributed by atoms with Gasteiger partial charge in [0.25, 0.3) is 0 Å². The van der Waals surface area contributed by atoms with Crippen LogP contribution >= 0.6 is 0 Å². The lowest BCUT2D eigenvalue weighted by Gasteiger charge is -2.31. The number of aliphatic hydroxyl groups excluding tert-OH is 1. The third-order valence-corrected chi connectivity index (χ3v) is 3.46. The summed E-state index contributed by atoms with van der Waals surface area (Å²) < 4.78 is 0. The molecule has 2 unspecified atom stereocenters. The molecule has 2 N–H and O–H groups in total. The van der Waals surface area contributed by atoms with Crippen LogP contribution in [0, 0.1) is 5.92 Å². The van der Waals surface area contributed by atoms with Crippen LogP contribution in [0.15, 0.2) is 0 Å². The summed E-state index contributed by atoms with van der Waals surface area (Å²) in [4.78, 5) is 2.57. The summed E-state index contributed by atoms with van der Waals surface area (Å²) in [5, 5.41) is 12.3. The van der Waals surface area contributed by atoms with Gasteiger partial charge in [-0.25, -0.2) is 0 Å². The molecule has 3 heteroatoms. The van der Waals surface area contributed by atoms with E-state index >= 15 is 0 Å². The molecular weight excluding hydrogens is 200 g/mol. The van der Waals surface area contributed by atoms with Crippen LogP contribution in [0.3, 0.4) is 0 Å². The zero-order valence-electron chi connectivity index (χ0n) is 10.9. The van der Waals surface area contributed by atoms with Crippen LogP contribution in [-0.2, 0) is 0 Å². The highest BCUT2D eigenvalue weighted by molar-refractivity contribution is 4.71. The largest absolute Gasteiger partial charge is 0.396 e. The van der Waals surface area contributed by atoms with Crippen molar-refractivity contribution >= 4 is 0 Å². The van der Waals surface area contributed by atoms with Crippen molar-refractivity contribution in [1.29, 1.82) is 0 Å². The lowest BCUT2D eigenvalue weighted by molar-refractivity contribution is 0.182. The van der Waals surface area contributed by atoms with Gasteiger partial charge in [0.15, 0.2) is 0 Å². The molecule has 0 bridgehead atoms. The minimum Gasteiger partial charge on any atom is -0.396 e. The number of likely N-dealkylation sites (tertiary alicyclic amines) is 1. The van der Waals surface area contributed by atoms with Crippen molar-refractivity contribution in [2.24, 2.45) is 5.92 Å². The molecule has 96 valence electrons. The van der Waals surface area contributed by atoms with E-state index in [-0.39, 0.29) is 0 Å². The number of nitrogens with one attached hydrogen (secondary N) is 1. The Morgan fingerprint density at radius 1 is 1.50 bits per heavy atom. The van der Waals surface area contributed by atoms with Crippen LogP contribution in [0.5, 0.6) is 0 Å². The topological polar surface area (TPSA) is 35.5 Å². The first-order chi connectivity index (χ1) is 7.72. The second kappa shape index (κ2) is 8.04. The van der Waals surface area contributed by atoms with E-state index in [4.69, 9.17) is 5.11 Å². The fraction of sp³-hybridized carbons (Fsp3) is 1.00. The Balaban J connectivity index is 2.01. The Bertz CT molecular complexity index is 175. The van der Waals surface area contributed by atoms with Crippen molar-refractivity contribution in [3.05, 3.63) is 0 Å². The molecule has 1 rings (SSSR count). The maximum atomic E-state index is 8.74. The Morgan fingerprint density at radius 2 is 2.31 bits per heavy atom. The molecule has 0 radical (unpaired) electrons. The first-order valence-corrected chi connectivity index (χ1v) is 6.79. The molecule has 1 aliphatic rings. The average molecular weight is 228 g/mol. The third-order valence-electron chi connectivity index (χ3n) is 3.46. The summed E-state index contributed by atoms with van der Waals surface area (Å²) in [7, 11) is 0. The van der Waals surface area contributed by atoms with Gasteiger partial charge in [-0.2, -0.15) is 0 Å². The highest BCUT2D eigenvalue weighted by atomic mass is 16.2. The van der Waals surface area contributed by atoms with Crippen LogP contribution in [0.4, 0.5) is 0 Å². The normalized spacial score (nSPS) is 24.6. The van der Waals surface area contributed by atoms with Gasteiger partial charge in [0.05, 0.1) is 0 Å². The second-order valence-electron chi connectivity index (χ2n) is 5.27. The lowest BCUT2D eigenvalue weighted by Crippen LogP contribution is -2.40. The molecule has 3 nitrogen and oxygen atoms in total. The molecule has 16 heavy (non-hydrogen) atoms. The fourth-order valence-electron chi connectivity index (χ4n) is 2.46. The van der Waals surface area contributed by atoms with Crippen molar-refractivity contribution < 1.29 is 5.11 Å². The number of aliphatic hydroxyl groups is 1. The number of rotatable bonds is 7. The molecule has 1 saturated heterocycles. The van der Waals surface area contributed by atoms with E-state index in [1.807, 2.05) is 0 Å². The molecule has 0 spiro atoms. The average Bonchev–Trinajstić information content (AvgIpc) is 2.26. The maximum Gasteiger partial charge on any atom is 0.0431 e. The third kappa shape index (κ3) is 5.83. The summed E-state index contributed by atoms with van der Waals surface area (Å²) >= 11 is 0. The molecule has 0 amide bonds. The first-order valence-electron chi connectivity index (χ1n) is 6.79. The Hall–Kier alpha value is -0.120. The predicted octanol–water partition coefficient (Wildman–Crippen LogP) is 1.47. The van der Waals surface area contributed by atoms with Gasteiger partial charge in [0.2, 0.25) is 0 Å². The van der Waals surface area contributed by atoms with Gasteiger partial charge in [-0.1, -0.05) is 6.92 Å². The van der Waals surface area contributed by atoms with Crippen molar-refractivity contribution in [3.8, 4) is 0 Å². The van der Waals surface area contributed by atoms with Gasteiger partial charge >= 0.3 is 0 Å². The molecule has 1 heterocycles. The Morgan fingerprint density at radius 3 is 3.00 bits per heavy atom.